The van der Waals surface area contributed by atoms with Crippen LogP contribution in [-0.4, -0.2) is 56.3 Å². The van der Waals surface area contributed by atoms with Gasteiger partial charge >= 0.3 is 0 Å². The summed E-state index contributed by atoms with van der Waals surface area (Å²) in [5, 5.41) is 0. The number of hydrogen-bond acceptors (Lipinski definition) is 4. The predicted molar refractivity (Wildman–Crippen MR) is 84.4 cm³/mol. The van der Waals surface area contributed by atoms with Gasteiger partial charge in [0, 0.05) is 50.6 Å². The summed E-state index contributed by atoms with van der Waals surface area (Å²) in [4.78, 5) is 2.19. The molecular weight excluding hydrogens is 288 g/mol. The van der Waals surface area contributed by atoms with Crippen molar-refractivity contribution in [3.05, 3.63) is 24.3 Å². The minimum Gasteiger partial charge on any atom is -0.399 e. The Bertz CT molecular complexity index is 591. The highest BCUT2D eigenvalue weighted by molar-refractivity contribution is 7.86. The van der Waals surface area contributed by atoms with Crippen LogP contribution in [0.4, 0.5) is 11.4 Å². The van der Waals surface area contributed by atoms with Crippen LogP contribution in [0.25, 0.3) is 0 Å². The SMILES string of the molecule is Nc1cccc(N2CCN(S(=O)(=O)N3CCCC3)CC2)c1. The smallest absolute Gasteiger partial charge is 0.282 e. The molecule has 0 radical (unpaired) electrons. The van der Waals surface area contributed by atoms with Crippen molar-refractivity contribution in [1.82, 2.24) is 8.61 Å². The lowest BCUT2D eigenvalue weighted by Gasteiger charge is -2.37. The number of nitrogen functional groups attached to an aromatic ring is 1. The molecule has 116 valence electrons. The Labute approximate surface area is 126 Å². The maximum Gasteiger partial charge on any atom is 0.282 e. The molecule has 0 amide bonds. The first-order chi connectivity index (χ1) is 10.1. The third-order valence-corrected chi connectivity index (χ3v) is 6.23. The molecule has 2 saturated heterocycles. The first kappa shape index (κ1) is 14.6. The van der Waals surface area contributed by atoms with Crippen LogP contribution in [0.1, 0.15) is 12.8 Å². The van der Waals surface area contributed by atoms with Crippen LogP contribution in [0.15, 0.2) is 24.3 Å². The van der Waals surface area contributed by atoms with Crippen molar-refractivity contribution in [3.63, 3.8) is 0 Å². The maximum absolute atomic E-state index is 12.5. The van der Waals surface area contributed by atoms with Crippen molar-refractivity contribution < 1.29 is 8.42 Å². The molecule has 3 rings (SSSR count). The third-order valence-electron chi connectivity index (χ3n) is 4.19. The van der Waals surface area contributed by atoms with Crippen molar-refractivity contribution in [2.75, 3.05) is 49.9 Å². The number of benzene rings is 1. The van der Waals surface area contributed by atoms with E-state index in [9.17, 15) is 8.42 Å². The first-order valence-corrected chi connectivity index (χ1v) is 8.83. The van der Waals surface area contributed by atoms with Gasteiger partial charge in [0.15, 0.2) is 0 Å². The van der Waals surface area contributed by atoms with Crippen molar-refractivity contribution in [2.45, 2.75) is 12.8 Å². The van der Waals surface area contributed by atoms with Crippen molar-refractivity contribution in [1.29, 1.82) is 0 Å². The maximum atomic E-state index is 12.5. The number of nitrogens with two attached hydrogens (primary N) is 1. The van der Waals surface area contributed by atoms with Crippen LogP contribution in [0.2, 0.25) is 0 Å². The van der Waals surface area contributed by atoms with Gasteiger partial charge < -0.3 is 10.6 Å². The van der Waals surface area contributed by atoms with Gasteiger partial charge in [-0.25, -0.2) is 0 Å². The monoisotopic (exact) mass is 310 g/mol. The van der Waals surface area contributed by atoms with Gasteiger partial charge in [0.1, 0.15) is 0 Å². The van der Waals surface area contributed by atoms with E-state index in [-0.39, 0.29) is 0 Å². The molecule has 0 unspecified atom stereocenters. The Morgan fingerprint density at radius 3 is 2.14 bits per heavy atom. The van der Waals surface area contributed by atoms with Crippen LogP contribution in [0.3, 0.4) is 0 Å². The van der Waals surface area contributed by atoms with Gasteiger partial charge in [-0.05, 0) is 31.0 Å². The number of piperazine rings is 1. The van der Waals surface area contributed by atoms with Crippen LogP contribution >= 0.6 is 0 Å². The van der Waals surface area contributed by atoms with E-state index in [1.807, 2.05) is 24.3 Å². The van der Waals surface area contributed by atoms with E-state index in [1.165, 1.54) is 0 Å². The summed E-state index contributed by atoms with van der Waals surface area (Å²) < 4.78 is 28.2. The zero-order chi connectivity index (χ0) is 14.9. The molecule has 0 saturated carbocycles. The van der Waals surface area contributed by atoms with Gasteiger partial charge in [-0.3, -0.25) is 0 Å². The molecule has 0 atom stereocenters. The summed E-state index contributed by atoms with van der Waals surface area (Å²) in [6, 6.07) is 7.74. The zero-order valence-electron chi connectivity index (χ0n) is 12.1. The molecule has 2 fully saturated rings. The fraction of sp³-hybridized carbons (Fsp3) is 0.571. The second-order valence-corrected chi connectivity index (χ2v) is 7.52. The molecule has 6 nitrogen and oxygen atoms in total. The summed E-state index contributed by atoms with van der Waals surface area (Å²) in [5.74, 6) is 0. The summed E-state index contributed by atoms with van der Waals surface area (Å²) >= 11 is 0. The van der Waals surface area contributed by atoms with Crippen molar-refractivity contribution >= 4 is 21.6 Å². The second kappa shape index (κ2) is 5.82. The molecule has 2 heterocycles. The van der Waals surface area contributed by atoms with Gasteiger partial charge in [-0.1, -0.05) is 6.07 Å². The second-order valence-electron chi connectivity index (χ2n) is 5.60. The fourth-order valence-corrected chi connectivity index (χ4v) is 4.65. The van der Waals surface area contributed by atoms with E-state index in [4.69, 9.17) is 5.73 Å². The molecule has 0 spiro atoms. The predicted octanol–water partition coefficient (Wildman–Crippen LogP) is 0.731. The molecule has 2 aliphatic heterocycles. The van der Waals surface area contributed by atoms with Gasteiger partial charge in [0.2, 0.25) is 0 Å². The Balaban J connectivity index is 1.65. The molecule has 0 bridgehead atoms. The zero-order valence-corrected chi connectivity index (χ0v) is 12.9. The number of hydrogen-bond donors (Lipinski definition) is 1. The summed E-state index contributed by atoms with van der Waals surface area (Å²) in [6.07, 6.45) is 1.95. The Hall–Kier alpha value is -1.31. The van der Waals surface area contributed by atoms with Gasteiger partial charge in [-0.15, -0.1) is 0 Å². The lowest BCUT2D eigenvalue weighted by Crippen LogP contribution is -2.52. The number of rotatable bonds is 3. The van der Waals surface area contributed by atoms with Crippen LogP contribution in [0, 0.1) is 0 Å². The van der Waals surface area contributed by atoms with Crippen LogP contribution in [-0.2, 0) is 10.2 Å². The Morgan fingerprint density at radius 1 is 0.905 bits per heavy atom. The van der Waals surface area contributed by atoms with E-state index in [1.54, 1.807) is 8.61 Å². The van der Waals surface area contributed by atoms with E-state index in [2.05, 4.69) is 4.90 Å². The molecule has 1 aromatic carbocycles. The van der Waals surface area contributed by atoms with Crippen LogP contribution < -0.4 is 10.6 Å². The summed E-state index contributed by atoms with van der Waals surface area (Å²) in [6.45, 7) is 3.81. The molecule has 0 aliphatic carbocycles. The topological polar surface area (TPSA) is 69.9 Å². The lowest BCUT2D eigenvalue weighted by molar-refractivity contribution is 0.343. The van der Waals surface area contributed by atoms with Gasteiger partial charge in [0.25, 0.3) is 10.2 Å². The average molecular weight is 310 g/mol. The summed E-state index contributed by atoms with van der Waals surface area (Å²) in [5.41, 5.74) is 7.60. The standard InChI is InChI=1S/C14H22N4O2S/c15-13-4-3-5-14(12-13)16-8-10-18(11-9-16)21(19,20)17-6-1-2-7-17/h3-5,12H,1-2,6-11,15H2. The fourth-order valence-electron chi connectivity index (χ4n) is 2.98. The van der Waals surface area contributed by atoms with Crippen LogP contribution in [0.5, 0.6) is 0 Å². The largest absolute Gasteiger partial charge is 0.399 e. The Morgan fingerprint density at radius 2 is 1.52 bits per heavy atom. The van der Waals surface area contributed by atoms with Gasteiger partial charge in [0.05, 0.1) is 0 Å². The van der Waals surface area contributed by atoms with E-state index >= 15 is 0 Å². The third kappa shape index (κ3) is 3.00. The highest BCUT2D eigenvalue weighted by Crippen LogP contribution is 2.22. The highest BCUT2D eigenvalue weighted by Gasteiger charge is 2.33. The van der Waals surface area contributed by atoms with Crippen molar-refractivity contribution in [3.8, 4) is 0 Å². The molecule has 2 aliphatic rings. The normalized spacial score (nSPS) is 21.8. The highest BCUT2D eigenvalue weighted by atomic mass is 32.2. The molecule has 0 aromatic heterocycles. The molecule has 21 heavy (non-hydrogen) atoms. The summed E-state index contributed by atoms with van der Waals surface area (Å²) in [7, 11) is -3.26. The lowest BCUT2D eigenvalue weighted by atomic mass is 10.2. The van der Waals surface area contributed by atoms with Crippen molar-refractivity contribution in [2.24, 2.45) is 0 Å². The Kier molecular flexibility index (Phi) is 4.05. The van der Waals surface area contributed by atoms with E-state index in [0.29, 0.717) is 39.3 Å². The molecular formula is C14H22N4O2S. The molecule has 7 heteroatoms. The van der Waals surface area contributed by atoms with Gasteiger partial charge in [-0.2, -0.15) is 17.0 Å². The molecule has 1 aromatic rings. The first-order valence-electron chi connectivity index (χ1n) is 7.43. The minimum atomic E-state index is -3.26. The number of nitrogens with zero attached hydrogens (tertiary/aromatic N) is 3. The molecule has 2 N–H and O–H groups in total. The van der Waals surface area contributed by atoms with E-state index < -0.39 is 10.2 Å². The number of anilines is 2. The van der Waals surface area contributed by atoms with E-state index in [0.717, 1.165) is 24.2 Å². The average Bonchev–Trinajstić information content (AvgIpc) is 3.02. The quantitative estimate of drug-likeness (QED) is 0.836. The minimum absolute atomic E-state index is 0.535.